The predicted molar refractivity (Wildman–Crippen MR) is 75.3 cm³/mol. The minimum atomic E-state index is 0.195. The summed E-state index contributed by atoms with van der Waals surface area (Å²) in [6, 6.07) is 0. The first kappa shape index (κ1) is 18.3. The summed E-state index contributed by atoms with van der Waals surface area (Å²) < 4.78 is 0.195. The third-order valence-corrected chi connectivity index (χ3v) is 3.85. The van der Waals surface area contributed by atoms with Gasteiger partial charge in [-0.15, -0.1) is 0 Å². The van der Waals surface area contributed by atoms with Crippen LogP contribution in [0.15, 0.2) is 0 Å². The van der Waals surface area contributed by atoms with Crippen molar-refractivity contribution >= 4 is 4.26 Å². The van der Waals surface area contributed by atoms with Gasteiger partial charge in [-0.3, -0.25) is 0 Å². The third-order valence-electron chi connectivity index (χ3n) is 3.46. The second-order valence-corrected chi connectivity index (χ2v) is 6.18. The molecule has 18 heavy (non-hydrogen) atoms. The van der Waals surface area contributed by atoms with Crippen LogP contribution in [0.4, 0.5) is 0 Å². The van der Waals surface area contributed by atoms with Crippen molar-refractivity contribution in [1.29, 1.82) is 0 Å². The van der Waals surface area contributed by atoms with E-state index in [-0.39, 0.29) is 4.26 Å². The van der Waals surface area contributed by atoms with Crippen LogP contribution in [0.25, 0.3) is 0 Å². The normalized spacial score (nSPS) is 10.8. The summed E-state index contributed by atoms with van der Waals surface area (Å²) >= 11 is 2.71. The topological polar surface area (TPSA) is 17.1 Å². The minimum absolute atomic E-state index is 0.195. The maximum absolute atomic E-state index is 10.7. The third kappa shape index (κ3) is 16.3. The zero-order valence-electron chi connectivity index (χ0n) is 12.1. The number of carbonyl (C=O) groups is 1. The summed E-state index contributed by atoms with van der Waals surface area (Å²) in [5.41, 5.74) is 0. The van der Waals surface area contributed by atoms with E-state index in [9.17, 15) is 4.79 Å². The van der Waals surface area contributed by atoms with Crippen LogP contribution in [0.2, 0.25) is 0 Å². The molecule has 0 saturated carbocycles. The van der Waals surface area contributed by atoms with Crippen molar-refractivity contribution in [3.8, 4) is 0 Å². The van der Waals surface area contributed by atoms with E-state index in [2.05, 4.69) is 26.1 Å². The van der Waals surface area contributed by atoms with Gasteiger partial charge in [0.1, 0.15) is 0 Å². The Morgan fingerprint density at radius 2 is 1.00 bits per heavy atom. The van der Waals surface area contributed by atoms with Crippen molar-refractivity contribution in [2.75, 3.05) is 0 Å². The number of hydrogen-bond donors (Lipinski definition) is 0. The van der Waals surface area contributed by atoms with Crippen molar-refractivity contribution in [3.05, 3.63) is 0 Å². The summed E-state index contributed by atoms with van der Waals surface area (Å²) in [5.74, 6) is 0. The summed E-state index contributed by atoms with van der Waals surface area (Å²) in [4.78, 5) is 10.7. The Hall–Kier alpha value is 0.332. The monoisotopic (exact) mass is 345 g/mol. The molecule has 0 amide bonds. The average molecular weight is 346 g/mol. The molecule has 0 radical (unpaired) electrons. The number of hydrogen-bond acceptors (Lipinski definition) is 1. The quantitative estimate of drug-likeness (QED) is 0.298. The molecule has 0 saturated heterocycles. The molecule has 0 spiro atoms. The first-order valence-corrected chi connectivity index (χ1v) is 8.70. The van der Waals surface area contributed by atoms with Crippen molar-refractivity contribution in [1.82, 2.24) is 0 Å². The van der Waals surface area contributed by atoms with Crippen LogP contribution in [0, 0.1) is 0 Å². The Bertz CT molecular complexity index is 180. The Morgan fingerprint density at radius 1 is 0.667 bits per heavy atom. The van der Waals surface area contributed by atoms with E-state index < -0.39 is 0 Å². The van der Waals surface area contributed by atoms with E-state index in [0.29, 0.717) is 0 Å². The fraction of sp³-hybridized carbons (Fsp3) is 0.938. The second-order valence-electron chi connectivity index (χ2n) is 5.31. The van der Waals surface area contributed by atoms with E-state index in [1.807, 2.05) is 0 Å². The standard InChI is InChI=1S/C16H31O.Pd/c1-2-3-4-5-6-7-8-9-10-11-12-13-14-15-16-17;/h2-15H2,1H3;. The Morgan fingerprint density at radius 3 is 1.33 bits per heavy atom. The molecule has 0 aromatic carbocycles. The van der Waals surface area contributed by atoms with Crippen molar-refractivity contribution in [3.63, 3.8) is 0 Å². The number of rotatable bonds is 14. The predicted octanol–water partition coefficient (Wildman–Crippen LogP) is 5.54. The van der Waals surface area contributed by atoms with Gasteiger partial charge in [0.15, 0.2) is 0 Å². The van der Waals surface area contributed by atoms with Crippen molar-refractivity contribution in [2.24, 2.45) is 0 Å². The van der Waals surface area contributed by atoms with Gasteiger partial charge in [0.05, 0.1) is 0 Å². The maximum atomic E-state index is 10.7. The molecule has 0 unspecified atom stereocenters. The Balaban J connectivity index is 2.92. The molecule has 0 heterocycles. The molecule has 2 heteroatoms. The van der Waals surface area contributed by atoms with Gasteiger partial charge >= 0.3 is 98.9 Å². The fourth-order valence-corrected chi connectivity index (χ4v) is 2.55. The molecule has 111 valence electrons. The number of carbonyl (C=O) groups excluding carboxylic acids is 1. The molecule has 0 aliphatic heterocycles. The molecular weight excluding hydrogens is 315 g/mol. The van der Waals surface area contributed by atoms with E-state index in [4.69, 9.17) is 0 Å². The summed E-state index contributed by atoms with van der Waals surface area (Å²) in [6.07, 6.45) is 18.4. The van der Waals surface area contributed by atoms with Gasteiger partial charge in [-0.25, -0.2) is 0 Å². The van der Waals surface area contributed by atoms with E-state index in [1.165, 1.54) is 77.0 Å². The van der Waals surface area contributed by atoms with Gasteiger partial charge in [0.25, 0.3) is 0 Å². The van der Waals surface area contributed by atoms with Crippen LogP contribution in [0.5, 0.6) is 0 Å². The molecule has 0 rings (SSSR count). The first-order valence-electron chi connectivity index (χ1n) is 7.92. The number of unbranched alkanes of at least 4 members (excludes halogenated alkanes) is 12. The molecule has 1 nitrogen and oxygen atoms in total. The molecule has 0 aromatic rings. The molecule has 0 fully saturated rings. The summed E-state index contributed by atoms with van der Waals surface area (Å²) in [6.45, 7) is 2.27. The van der Waals surface area contributed by atoms with Gasteiger partial charge in [-0.1, -0.05) is 26.2 Å². The zero-order valence-corrected chi connectivity index (χ0v) is 13.7. The zero-order chi connectivity index (χ0) is 13.5. The van der Waals surface area contributed by atoms with Crippen LogP contribution in [0.1, 0.15) is 96.8 Å². The fourth-order valence-electron chi connectivity index (χ4n) is 2.27. The van der Waals surface area contributed by atoms with Gasteiger partial charge in [-0.2, -0.15) is 0 Å². The van der Waals surface area contributed by atoms with Crippen molar-refractivity contribution < 1.29 is 24.0 Å². The SMILES string of the molecule is CCCCCCCCCCCCCCC[C](=O)[Pd]. The molecule has 0 atom stereocenters. The Labute approximate surface area is 125 Å². The van der Waals surface area contributed by atoms with Crippen LogP contribution >= 0.6 is 0 Å². The van der Waals surface area contributed by atoms with Crippen LogP contribution in [0.3, 0.4) is 0 Å². The summed E-state index contributed by atoms with van der Waals surface area (Å²) in [5, 5.41) is 0. The molecule has 0 aromatic heterocycles. The molecule has 0 N–H and O–H groups in total. The van der Waals surface area contributed by atoms with Crippen LogP contribution in [-0.2, 0) is 24.0 Å². The molecular formula is C16H31OPd. The first-order chi connectivity index (χ1) is 8.77. The van der Waals surface area contributed by atoms with Crippen LogP contribution < -0.4 is 0 Å². The van der Waals surface area contributed by atoms with Crippen LogP contribution in [-0.4, -0.2) is 4.26 Å². The van der Waals surface area contributed by atoms with Gasteiger partial charge < -0.3 is 0 Å². The van der Waals surface area contributed by atoms with E-state index in [0.717, 1.165) is 12.8 Å². The molecule has 0 aliphatic rings. The van der Waals surface area contributed by atoms with E-state index in [1.54, 1.807) is 0 Å². The molecule has 0 aliphatic carbocycles. The van der Waals surface area contributed by atoms with Gasteiger partial charge in [-0.05, 0) is 0 Å². The summed E-state index contributed by atoms with van der Waals surface area (Å²) in [7, 11) is 0. The van der Waals surface area contributed by atoms with Crippen molar-refractivity contribution in [2.45, 2.75) is 96.8 Å². The second kappa shape index (κ2) is 15.4. The van der Waals surface area contributed by atoms with E-state index >= 15 is 0 Å². The molecule has 0 bridgehead atoms. The average Bonchev–Trinajstić information content (AvgIpc) is 2.34. The van der Waals surface area contributed by atoms with Gasteiger partial charge in [0.2, 0.25) is 0 Å². The Kier molecular flexibility index (Phi) is 15.7. The van der Waals surface area contributed by atoms with Gasteiger partial charge in [0, 0.05) is 0 Å².